The standard InChI is InChI=1S/C14H25NO/c1-6-7-9(2)8-13(15)14-10(3)11(4)16-12(14)5/h9,13H,6-8,15H2,1-5H3. The van der Waals surface area contributed by atoms with Gasteiger partial charge in [0.25, 0.3) is 0 Å². The molecule has 0 radical (unpaired) electrons. The van der Waals surface area contributed by atoms with Gasteiger partial charge in [-0.3, -0.25) is 0 Å². The Hall–Kier alpha value is -0.760. The third kappa shape index (κ3) is 2.88. The van der Waals surface area contributed by atoms with Crippen molar-refractivity contribution in [3.05, 3.63) is 22.6 Å². The van der Waals surface area contributed by atoms with Gasteiger partial charge in [0, 0.05) is 11.6 Å². The van der Waals surface area contributed by atoms with Gasteiger partial charge >= 0.3 is 0 Å². The van der Waals surface area contributed by atoms with Crippen molar-refractivity contribution >= 4 is 0 Å². The van der Waals surface area contributed by atoms with Crippen LogP contribution in [0.4, 0.5) is 0 Å². The summed E-state index contributed by atoms with van der Waals surface area (Å²) in [6.07, 6.45) is 3.54. The van der Waals surface area contributed by atoms with Crippen LogP contribution in [0.25, 0.3) is 0 Å². The Balaban J connectivity index is 2.76. The molecule has 0 aliphatic heterocycles. The minimum absolute atomic E-state index is 0.124. The fourth-order valence-electron chi connectivity index (χ4n) is 2.52. The monoisotopic (exact) mass is 223 g/mol. The molecule has 0 spiro atoms. The summed E-state index contributed by atoms with van der Waals surface area (Å²) in [5, 5.41) is 0. The van der Waals surface area contributed by atoms with Crippen molar-refractivity contribution in [2.45, 2.75) is 59.9 Å². The van der Waals surface area contributed by atoms with Crippen LogP contribution < -0.4 is 5.73 Å². The fraction of sp³-hybridized carbons (Fsp3) is 0.714. The van der Waals surface area contributed by atoms with Crippen LogP contribution in [0.2, 0.25) is 0 Å². The molecule has 1 aromatic heterocycles. The summed E-state index contributed by atoms with van der Waals surface area (Å²) in [7, 11) is 0. The second-order valence-electron chi connectivity index (χ2n) is 4.99. The Labute approximate surface area is 99.2 Å². The van der Waals surface area contributed by atoms with Gasteiger partial charge < -0.3 is 10.2 Å². The lowest BCUT2D eigenvalue weighted by Crippen LogP contribution is -2.15. The highest BCUT2D eigenvalue weighted by molar-refractivity contribution is 5.33. The van der Waals surface area contributed by atoms with Crippen LogP contribution in [0, 0.1) is 26.7 Å². The topological polar surface area (TPSA) is 39.2 Å². The molecule has 0 aliphatic carbocycles. The van der Waals surface area contributed by atoms with E-state index in [1.54, 1.807) is 0 Å². The van der Waals surface area contributed by atoms with Crippen LogP contribution >= 0.6 is 0 Å². The molecule has 0 bridgehead atoms. The summed E-state index contributed by atoms with van der Waals surface area (Å²) < 4.78 is 5.63. The summed E-state index contributed by atoms with van der Waals surface area (Å²) in [5.74, 6) is 2.69. The Morgan fingerprint density at radius 2 is 1.81 bits per heavy atom. The van der Waals surface area contributed by atoms with Crippen molar-refractivity contribution in [2.24, 2.45) is 11.7 Å². The first-order valence-electron chi connectivity index (χ1n) is 6.29. The van der Waals surface area contributed by atoms with E-state index in [2.05, 4.69) is 20.8 Å². The van der Waals surface area contributed by atoms with Crippen molar-refractivity contribution in [3.8, 4) is 0 Å². The quantitative estimate of drug-likeness (QED) is 0.818. The first-order valence-corrected chi connectivity index (χ1v) is 6.29. The van der Waals surface area contributed by atoms with Crippen molar-refractivity contribution in [2.75, 3.05) is 0 Å². The fourth-order valence-corrected chi connectivity index (χ4v) is 2.52. The highest BCUT2D eigenvalue weighted by Crippen LogP contribution is 2.30. The van der Waals surface area contributed by atoms with Crippen molar-refractivity contribution in [3.63, 3.8) is 0 Å². The Bertz CT molecular complexity index is 341. The van der Waals surface area contributed by atoms with Gasteiger partial charge in [-0.2, -0.15) is 0 Å². The van der Waals surface area contributed by atoms with E-state index in [0.717, 1.165) is 17.9 Å². The summed E-state index contributed by atoms with van der Waals surface area (Å²) in [4.78, 5) is 0. The van der Waals surface area contributed by atoms with E-state index in [-0.39, 0.29) is 6.04 Å². The van der Waals surface area contributed by atoms with E-state index in [1.807, 2.05) is 13.8 Å². The summed E-state index contributed by atoms with van der Waals surface area (Å²) in [5.41, 5.74) is 8.73. The number of furan rings is 1. The van der Waals surface area contributed by atoms with Crippen molar-refractivity contribution in [1.29, 1.82) is 0 Å². The molecule has 0 amide bonds. The molecular weight excluding hydrogens is 198 g/mol. The maximum Gasteiger partial charge on any atom is 0.106 e. The van der Waals surface area contributed by atoms with Crippen molar-refractivity contribution < 1.29 is 4.42 Å². The predicted molar refractivity (Wildman–Crippen MR) is 68.5 cm³/mol. The number of hydrogen-bond acceptors (Lipinski definition) is 2. The molecule has 2 unspecified atom stereocenters. The van der Waals surface area contributed by atoms with Gasteiger partial charge in [-0.1, -0.05) is 26.7 Å². The second-order valence-corrected chi connectivity index (χ2v) is 4.99. The zero-order valence-electron chi connectivity index (χ0n) is 11.3. The average Bonchev–Trinajstić information content (AvgIpc) is 2.41. The lowest BCUT2D eigenvalue weighted by molar-refractivity contribution is 0.433. The SMILES string of the molecule is CCCC(C)CC(N)c1c(C)oc(C)c1C. The molecule has 92 valence electrons. The highest BCUT2D eigenvalue weighted by Gasteiger charge is 2.19. The number of hydrogen-bond donors (Lipinski definition) is 1. The van der Waals surface area contributed by atoms with E-state index in [4.69, 9.17) is 10.2 Å². The summed E-state index contributed by atoms with van der Waals surface area (Å²) >= 11 is 0. The molecule has 1 heterocycles. The molecule has 1 aromatic rings. The molecule has 2 N–H and O–H groups in total. The third-order valence-corrected chi connectivity index (χ3v) is 3.43. The van der Waals surface area contributed by atoms with Crippen LogP contribution in [0.1, 0.15) is 61.8 Å². The van der Waals surface area contributed by atoms with Crippen molar-refractivity contribution in [1.82, 2.24) is 0 Å². The average molecular weight is 223 g/mol. The third-order valence-electron chi connectivity index (χ3n) is 3.43. The smallest absolute Gasteiger partial charge is 0.106 e. The maximum absolute atomic E-state index is 6.28. The van der Waals surface area contributed by atoms with Crippen LogP contribution in [0.5, 0.6) is 0 Å². The van der Waals surface area contributed by atoms with Gasteiger partial charge in [0.05, 0.1) is 0 Å². The molecule has 0 saturated carbocycles. The van der Waals surface area contributed by atoms with Crippen LogP contribution in [-0.2, 0) is 0 Å². The van der Waals surface area contributed by atoms with Gasteiger partial charge in [-0.15, -0.1) is 0 Å². The Morgan fingerprint density at radius 3 is 2.25 bits per heavy atom. The molecule has 0 saturated heterocycles. The Morgan fingerprint density at radius 1 is 1.19 bits per heavy atom. The normalized spacial score (nSPS) is 15.1. The zero-order valence-corrected chi connectivity index (χ0v) is 11.3. The lowest BCUT2D eigenvalue weighted by atomic mass is 9.92. The second kappa shape index (κ2) is 5.53. The summed E-state index contributed by atoms with van der Waals surface area (Å²) in [6.45, 7) is 10.6. The van der Waals surface area contributed by atoms with E-state index >= 15 is 0 Å². The van der Waals surface area contributed by atoms with E-state index in [0.29, 0.717) is 5.92 Å². The molecule has 0 aliphatic rings. The van der Waals surface area contributed by atoms with Gasteiger partial charge in [-0.05, 0) is 38.7 Å². The summed E-state index contributed by atoms with van der Waals surface area (Å²) in [6, 6.07) is 0.124. The van der Waals surface area contributed by atoms with Gasteiger partial charge in [0.1, 0.15) is 11.5 Å². The highest BCUT2D eigenvalue weighted by atomic mass is 16.3. The zero-order chi connectivity index (χ0) is 12.3. The van der Waals surface area contributed by atoms with Crippen LogP contribution in [-0.4, -0.2) is 0 Å². The molecule has 2 atom stereocenters. The van der Waals surface area contributed by atoms with Crippen LogP contribution in [0.3, 0.4) is 0 Å². The van der Waals surface area contributed by atoms with E-state index in [1.165, 1.54) is 24.0 Å². The van der Waals surface area contributed by atoms with Crippen LogP contribution in [0.15, 0.2) is 4.42 Å². The van der Waals surface area contributed by atoms with Gasteiger partial charge in [-0.25, -0.2) is 0 Å². The van der Waals surface area contributed by atoms with Gasteiger partial charge in [0.15, 0.2) is 0 Å². The van der Waals surface area contributed by atoms with E-state index in [9.17, 15) is 0 Å². The predicted octanol–water partition coefficient (Wildman–Crippen LogP) is 4.03. The lowest BCUT2D eigenvalue weighted by Gasteiger charge is -2.17. The molecule has 0 aromatic carbocycles. The van der Waals surface area contributed by atoms with Gasteiger partial charge in [0.2, 0.25) is 0 Å². The number of aryl methyl sites for hydroxylation is 2. The molecular formula is C14H25NO. The number of nitrogens with two attached hydrogens (primary N) is 1. The maximum atomic E-state index is 6.28. The number of rotatable bonds is 5. The largest absolute Gasteiger partial charge is 0.466 e. The Kier molecular flexibility index (Phi) is 4.60. The molecule has 0 fully saturated rings. The first kappa shape index (κ1) is 13.3. The molecule has 16 heavy (non-hydrogen) atoms. The molecule has 2 nitrogen and oxygen atoms in total. The minimum atomic E-state index is 0.124. The van der Waals surface area contributed by atoms with E-state index < -0.39 is 0 Å². The molecule has 1 rings (SSSR count). The first-order chi connectivity index (χ1) is 7.47. The molecule has 2 heteroatoms. The minimum Gasteiger partial charge on any atom is -0.466 e.